The van der Waals surface area contributed by atoms with E-state index in [0.717, 1.165) is 27.5 Å². The van der Waals surface area contributed by atoms with Crippen LogP contribution in [0, 0.1) is 13.8 Å². The van der Waals surface area contributed by atoms with Crippen LogP contribution < -0.4 is 0 Å². The minimum atomic E-state index is -0.00708. The van der Waals surface area contributed by atoms with Crippen LogP contribution in [-0.4, -0.2) is 15.7 Å². The number of aromatic nitrogens is 1. The predicted molar refractivity (Wildman–Crippen MR) is 91.4 cm³/mol. The van der Waals surface area contributed by atoms with Gasteiger partial charge in [0.25, 0.3) is 0 Å². The van der Waals surface area contributed by atoms with Gasteiger partial charge in [0.1, 0.15) is 5.76 Å². The molecule has 0 radical (unpaired) electrons. The Labute approximate surface area is 135 Å². The summed E-state index contributed by atoms with van der Waals surface area (Å²) in [6.45, 7) is 10.1. The Morgan fingerprint density at radius 2 is 1.91 bits per heavy atom. The molecule has 1 aromatic heterocycles. The Kier molecular flexibility index (Phi) is 4.91. The quantitative estimate of drug-likeness (QED) is 0.448. The van der Waals surface area contributed by atoms with E-state index in [-0.39, 0.29) is 10.5 Å². The number of rotatable bonds is 4. The average molecular weight is 315 g/mol. The molecule has 0 aliphatic rings. The Bertz CT molecular complexity index is 689. The summed E-state index contributed by atoms with van der Waals surface area (Å²) in [6.07, 6.45) is 3.37. The summed E-state index contributed by atoms with van der Waals surface area (Å²) < 4.78 is 5.16. The molecule has 0 aliphatic heterocycles. The van der Waals surface area contributed by atoms with Gasteiger partial charge >= 0.3 is 0 Å². The lowest BCUT2D eigenvalue weighted by atomic mass is 10.1. The van der Waals surface area contributed by atoms with Gasteiger partial charge in [0.2, 0.25) is 0 Å². The third kappa shape index (κ3) is 4.10. The normalized spacial score (nSPS) is 12.0. The van der Waals surface area contributed by atoms with Crippen LogP contribution in [0.2, 0.25) is 0 Å². The molecule has 0 fully saturated rings. The van der Waals surface area contributed by atoms with Crippen LogP contribution in [0.25, 0.3) is 6.08 Å². The molecular formula is C18H21NO2S. The molecule has 4 heteroatoms. The second-order valence-electron chi connectivity index (χ2n) is 6.15. The molecule has 0 amide bonds. The molecular weight excluding hydrogens is 294 g/mol. The van der Waals surface area contributed by atoms with Gasteiger partial charge in [0.05, 0.1) is 5.69 Å². The fourth-order valence-corrected chi connectivity index (χ4v) is 3.15. The van der Waals surface area contributed by atoms with Crippen molar-refractivity contribution >= 4 is 23.6 Å². The molecule has 0 aliphatic carbocycles. The van der Waals surface area contributed by atoms with Crippen LogP contribution in [0.5, 0.6) is 0 Å². The molecule has 0 unspecified atom stereocenters. The van der Waals surface area contributed by atoms with E-state index in [1.165, 1.54) is 0 Å². The highest BCUT2D eigenvalue weighted by Gasteiger charge is 2.17. The maximum Gasteiger partial charge on any atom is 0.186 e. The third-order valence-corrected chi connectivity index (χ3v) is 4.25. The average Bonchev–Trinajstić information content (AvgIpc) is 2.74. The fourth-order valence-electron chi connectivity index (χ4n) is 2.07. The van der Waals surface area contributed by atoms with E-state index in [1.807, 2.05) is 38.1 Å². The van der Waals surface area contributed by atoms with Crippen LogP contribution in [-0.2, 0) is 0 Å². The number of hydrogen-bond acceptors (Lipinski definition) is 4. The molecule has 0 bridgehead atoms. The maximum absolute atomic E-state index is 12.5. The van der Waals surface area contributed by atoms with Crippen molar-refractivity contribution in [3.05, 3.63) is 52.9 Å². The highest BCUT2D eigenvalue weighted by molar-refractivity contribution is 8.00. The van der Waals surface area contributed by atoms with Crippen LogP contribution in [0.15, 0.2) is 39.8 Å². The number of hydrogen-bond donors (Lipinski definition) is 0. The van der Waals surface area contributed by atoms with E-state index in [9.17, 15) is 4.79 Å². The molecule has 0 atom stereocenters. The zero-order valence-electron chi connectivity index (χ0n) is 13.6. The molecule has 2 aromatic rings. The second-order valence-corrected chi connectivity index (χ2v) is 8.01. The zero-order chi connectivity index (χ0) is 16.3. The number of carbonyl (C=O) groups excluding carboxylic acids is 1. The SMILES string of the molecule is Cc1noc(C)c1C=CC(=O)c1ccccc1SC(C)(C)C. The Morgan fingerprint density at radius 3 is 2.50 bits per heavy atom. The van der Waals surface area contributed by atoms with E-state index < -0.39 is 0 Å². The predicted octanol–water partition coefficient (Wildman–Crippen LogP) is 5.08. The van der Waals surface area contributed by atoms with Crippen LogP contribution in [0.3, 0.4) is 0 Å². The molecule has 22 heavy (non-hydrogen) atoms. The van der Waals surface area contributed by atoms with Gasteiger partial charge in [-0.25, -0.2) is 0 Å². The summed E-state index contributed by atoms with van der Waals surface area (Å²) in [7, 11) is 0. The number of nitrogens with zero attached hydrogens (tertiary/aromatic N) is 1. The summed E-state index contributed by atoms with van der Waals surface area (Å²) in [5, 5.41) is 3.89. The van der Waals surface area contributed by atoms with E-state index in [0.29, 0.717) is 0 Å². The van der Waals surface area contributed by atoms with Crippen molar-refractivity contribution < 1.29 is 9.32 Å². The number of carbonyl (C=O) groups is 1. The maximum atomic E-state index is 12.5. The third-order valence-electron chi connectivity index (χ3n) is 3.06. The molecule has 1 heterocycles. The van der Waals surface area contributed by atoms with Crippen molar-refractivity contribution in [1.82, 2.24) is 5.16 Å². The number of allylic oxidation sites excluding steroid dienone is 1. The zero-order valence-corrected chi connectivity index (χ0v) is 14.5. The first kappa shape index (κ1) is 16.6. The summed E-state index contributed by atoms with van der Waals surface area (Å²) in [6, 6.07) is 7.72. The molecule has 2 rings (SSSR count). The minimum Gasteiger partial charge on any atom is -0.361 e. The lowest BCUT2D eigenvalue weighted by Crippen LogP contribution is -2.08. The lowest BCUT2D eigenvalue weighted by Gasteiger charge is -2.19. The summed E-state index contributed by atoms with van der Waals surface area (Å²) in [5.41, 5.74) is 2.39. The van der Waals surface area contributed by atoms with Gasteiger partial charge in [-0.05, 0) is 38.1 Å². The molecule has 3 nitrogen and oxygen atoms in total. The van der Waals surface area contributed by atoms with E-state index >= 15 is 0 Å². The van der Waals surface area contributed by atoms with E-state index in [1.54, 1.807) is 23.9 Å². The van der Waals surface area contributed by atoms with Crippen molar-refractivity contribution in [2.75, 3.05) is 0 Å². The molecule has 0 spiro atoms. The fraction of sp³-hybridized carbons (Fsp3) is 0.333. The topological polar surface area (TPSA) is 43.1 Å². The highest BCUT2D eigenvalue weighted by Crippen LogP contribution is 2.34. The van der Waals surface area contributed by atoms with Crippen molar-refractivity contribution in [1.29, 1.82) is 0 Å². The Balaban J connectivity index is 2.27. The first-order valence-electron chi connectivity index (χ1n) is 7.21. The van der Waals surface area contributed by atoms with Crippen molar-refractivity contribution in [2.24, 2.45) is 0 Å². The first-order chi connectivity index (χ1) is 10.3. The smallest absolute Gasteiger partial charge is 0.186 e. The number of thioether (sulfide) groups is 1. The standard InChI is InChI=1S/C18H21NO2S/c1-12-14(13(2)21-19-12)10-11-16(20)15-8-6-7-9-17(15)22-18(3,4)5/h6-11H,1-5H3. The highest BCUT2D eigenvalue weighted by atomic mass is 32.2. The second kappa shape index (κ2) is 6.53. The molecule has 0 N–H and O–H groups in total. The Morgan fingerprint density at radius 1 is 1.23 bits per heavy atom. The van der Waals surface area contributed by atoms with Crippen LogP contribution >= 0.6 is 11.8 Å². The van der Waals surface area contributed by atoms with Gasteiger partial charge < -0.3 is 4.52 Å². The van der Waals surface area contributed by atoms with Crippen LogP contribution in [0.1, 0.15) is 48.1 Å². The molecule has 0 saturated carbocycles. The molecule has 0 saturated heterocycles. The lowest BCUT2D eigenvalue weighted by molar-refractivity contribution is 0.104. The van der Waals surface area contributed by atoms with Gasteiger partial charge in [0.15, 0.2) is 5.78 Å². The van der Waals surface area contributed by atoms with Gasteiger partial charge in [0, 0.05) is 20.8 Å². The van der Waals surface area contributed by atoms with Gasteiger partial charge in [-0.15, -0.1) is 11.8 Å². The number of ketones is 1. The number of benzene rings is 1. The van der Waals surface area contributed by atoms with Crippen LogP contribution in [0.4, 0.5) is 0 Å². The first-order valence-corrected chi connectivity index (χ1v) is 8.03. The summed E-state index contributed by atoms with van der Waals surface area (Å²) >= 11 is 1.70. The van der Waals surface area contributed by atoms with Crippen molar-refractivity contribution in [3.8, 4) is 0 Å². The Hall–Kier alpha value is -1.81. The van der Waals surface area contributed by atoms with Crippen molar-refractivity contribution in [2.45, 2.75) is 44.3 Å². The van der Waals surface area contributed by atoms with Gasteiger partial charge in [-0.1, -0.05) is 38.1 Å². The monoisotopic (exact) mass is 315 g/mol. The number of aryl methyl sites for hydroxylation is 2. The minimum absolute atomic E-state index is 0.00708. The molecule has 116 valence electrons. The summed E-state index contributed by atoms with van der Waals surface area (Å²) in [4.78, 5) is 13.5. The van der Waals surface area contributed by atoms with Gasteiger partial charge in [-0.2, -0.15) is 0 Å². The molecule has 1 aromatic carbocycles. The van der Waals surface area contributed by atoms with E-state index in [4.69, 9.17) is 4.52 Å². The van der Waals surface area contributed by atoms with Crippen molar-refractivity contribution in [3.63, 3.8) is 0 Å². The summed E-state index contributed by atoms with van der Waals surface area (Å²) in [5.74, 6) is 0.714. The largest absolute Gasteiger partial charge is 0.361 e. The van der Waals surface area contributed by atoms with E-state index in [2.05, 4.69) is 25.9 Å². The van der Waals surface area contributed by atoms with Gasteiger partial charge in [-0.3, -0.25) is 4.79 Å².